The summed E-state index contributed by atoms with van der Waals surface area (Å²) in [5, 5.41) is 8.45. The Morgan fingerprint density at radius 1 is 1.28 bits per heavy atom. The molecule has 1 aromatic heterocycles. The molecule has 154 valence electrons. The van der Waals surface area contributed by atoms with E-state index in [1.807, 2.05) is 50.0 Å². The molecule has 0 bridgehead atoms. The number of aromatic nitrogens is 1. The molecule has 0 aliphatic rings. The number of hydrogen-bond acceptors (Lipinski definition) is 5. The van der Waals surface area contributed by atoms with E-state index in [4.69, 9.17) is 11.6 Å². The Kier molecular flexibility index (Phi) is 7.66. The maximum atomic E-state index is 15.0. The first kappa shape index (κ1) is 21.8. The standard InChI is InChI=1S/C21H24ClFN4S2/c1-4-29(26-21-24-10-11-28-21)20-12-16(22)18(13-17(20)23)25-19(14-27(2)3)15-8-6-5-7-9-15/h4-13,19,25H,14H2,1-3H3,(H,24,26)/t19-,29?/m0/s1. The van der Waals surface area contributed by atoms with Crippen LogP contribution in [-0.2, 0) is 0 Å². The molecule has 3 aromatic rings. The van der Waals surface area contributed by atoms with Crippen LogP contribution < -0.4 is 10.0 Å². The molecule has 0 spiro atoms. The van der Waals surface area contributed by atoms with Crippen LogP contribution in [0.3, 0.4) is 0 Å². The van der Waals surface area contributed by atoms with E-state index in [-0.39, 0.29) is 11.9 Å². The largest absolute Gasteiger partial charge is 0.376 e. The number of hydrogen-bond donors (Lipinski definition) is 2. The smallest absolute Gasteiger partial charge is 0.192 e. The summed E-state index contributed by atoms with van der Waals surface area (Å²) in [7, 11) is 3.39. The third-order valence-electron chi connectivity index (χ3n) is 4.20. The average molecular weight is 451 g/mol. The summed E-state index contributed by atoms with van der Waals surface area (Å²) in [6.45, 7) is 2.65. The molecule has 0 radical (unpaired) electrons. The van der Waals surface area contributed by atoms with Gasteiger partial charge in [0, 0.05) is 18.1 Å². The lowest BCUT2D eigenvalue weighted by Gasteiger charge is -2.25. The zero-order chi connectivity index (χ0) is 20.8. The summed E-state index contributed by atoms with van der Waals surface area (Å²) >= 11 is 8.04. The van der Waals surface area contributed by atoms with Crippen LogP contribution >= 0.6 is 33.6 Å². The second-order valence-corrected chi connectivity index (χ2v) is 9.74. The first-order chi connectivity index (χ1) is 14.0. The van der Waals surface area contributed by atoms with Crippen molar-refractivity contribution in [1.29, 1.82) is 0 Å². The highest BCUT2D eigenvalue weighted by Crippen LogP contribution is 2.37. The molecule has 4 nitrogen and oxygen atoms in total. The zero-order valence-electron chi connectivity index (χ0n) is 16.5. The predicted octanol–water partition coefficient (Wildman–Crippen LogP) is 6.13. The van der Waals surface area contributed by atoms with Crippen LogP contribution in [0.25, 0.3) is 0 Å². The number of nitrogens with zero attached hydrogens (tertiary/aromatic N) is 2. The van der Waals surface area contributed by atoms with Crippen molar-refractivity contribution in [2.45, 2.75) is 17.9 Å². The summed E-state index contributed by atoms with van der Waals surface area (Å²) in [5.41, 5.74) is 1.70. The molecule has 0 fully saturated rings. The minimum absolute atomic E-state index is 0.0154. The van der Waals surface area contributed by atoms with Crippen LogP contribution in [0.2, 0.25) is 5.02 Å². The van der Waals surface area contributed by atoms with E-state index in [2.05, 4.69) is 32.1 Å². The fraction of sp³-hybridized carbons (Fsp3) is 0.238. The molecule has 1 heterocycles. The lowest BCUT2D eigenvalue weighted by Crippen LogP contribution is -2.25. The highest BCUT2D eigenvalue weighted by molar-refractivity contribution is 8.16. The molecule has 8 heteroatoms. The molecule has 0 saturated carbocycles. The number of benzene rings is 2. The number of likely N-dealkylation sites (N-methyl/N-ethyl adjacent to an activating group) is 1. The Morgan fingerprint density at radius 3 is 2.66 bits per heavy atom. The van der Waals surface area contributed by atoms with E-state index >= 15 is 4.39 Å². The number of nitrogens with one attached hydrogen (secondary N) is 2. The third kappa shape index (κ3) is 5.79. The van der Waals surface area contributed by atoms with E-state index in [0.717, 1.165) is 17.2 Å². The Hall–Kier alpha value is -1.93. The van der Waals surface area contributed by atoms with E-state index in [1.165, 1.54) is 17.4 Å². The molecule has 0 amide bonds. The zero-order valence-corrected chi connectivity index (χ0v) is 18.9. The fourth-order valence-electron chi connectivity index (χ4n) is 2.89. The van der Waals surface area contributed by atoms with Crippen molar-refractivity contribution in [1.82, 2.24) is 9.88 Å². The van der Waals surface area contributed by atoms with Gasteiger partial charge in [-0.05, 0) is 44.1 Å². The molecular formula is C21H24ClFN4S2. The first-order valence-corrected chi connectivity index (χ1v) is 11.7. The Balaban J connectivity index is 1.87. The summed E-state index contributed by atoms with van der Waals surface area (Å²) in [5.74, 6) is -0.306. The molecule has 0 aliphatic heterocycles. The quantitative estimate of drug-likeness (QED) is 0.405. The van der Waals surface area contributed by atoms with Crippen molar-refractivity contribution in [3.05, 3.63) is 70.4 Å². The van der Waals surface area contributed by atoms with E-state index in [0.29, 0.717) is 15.6 Å². The summed E-state index contributed by atoms with van der Waals surface area (Å²) in [6, 6.07) is 13.3. The monoisotopic (exact) mass is 450 g/mol. The minimum atomic E-state index is -0.635. The van der Waals surface area contributed by atoms with Gasteiger partial charge in [-0.2, -0.15) is 0 Å². The first-order valence-electron chi connectivity index (χ1n) is 9.12. The Bertz CT molecular complexity index is 962. The molecular weight excluding hydrogens is 427 g/mol. The maximum Gasteiger partial charge on any atom is 0.192 e. The van der Waals surface area contributed by atoms with Gasteiger partial charge in [0.15, 0.2) is 5.13 Å². The SMILES string of the molecule is C/C=S(/Nc1nccs1)c1cc(Cl)c(N[C@@H](CN(C)C)c2ccccc2)cc1F. The van der Waals surface area contributed by atoms with Gasteiger partial charge in [-0.15, -0.1) is 11.3 Å². The predicted molar refractivity (Wildman–Crippen MR) is 126 cm³/mol. The lowest BCUT2D eigenvalue weighted by molar-refractivity contribution is 0.387. The van der Waals surface area contributed by atoms with Crippen LogP contribution in [0.5, 0.6) is 0 Å². The van der Waals surface area contributed by atoms with Gasteiger partial charge >= 0.3 is 0 Å². The molecule has 1 unspecified atom stereocenters. The lowest BCUT2D eigenvalue weighted by atomic mass is 10.1. The molecule has 3 rings (SSSR count). The van der Waals surface area contributed by atoms with Gasteiger partial charge in [-0.1, -0.05) is 52.6 Å². The fourth-order valence-corrected chi connectivity index (χ4v) is 5.24. The van der Waals surface area contributed by atoms with Crippen molar-refractivity contribution in [2.24, 2.45) is 0 Å². The van der Waals surface area contributed by atoms with Gasteiger partial charge in [0.2, 0.25) is 0 Å². The van der Waals surface area contributed by atoms with E-state index in [1.54, 1.807) is 12.3 Å². The molecule has 2 aromatic carbocycles. The van der Waals surface area contributed by atoms with Gasteiger partial charge in [0.1, 0.15) is 5.82 Å². The normalized spacial score (nSPS) is 13.4. The Labute approximate surface area is 182 Å². The minimum Gasteiger partial charge on any atom is -0.376 e. The summed E-state index contributed by atoms with van der Waals surface area (Å²) < 4.78 is 18.3. The molecule has 2 N–H and O–H groups in total. The van der Waals surface area contributed by atoms with Gasteiger partial charge < -0.3 is 14.9 Å². The van der Waals surface area contributed by atoms with E-state index in [9.17, 15) is 0 Å². The Morgan fingerprint density at radius 2 is 2.03 bits per heavy atom. The van der Waals surface area contributed by atoms with Crippen molar-refractivity contribution in [2.75, 3.05) is 30.7 Å². The summed E-state index contributed by atoms with van der Waals surface area (Å²) in [6.07, 6.45) is 1.72. The number of thiazole rings is 1. The molecule has 0 saturated heterocycles. The van der Waals surface area contributed by atoms with E-state index < -0.39 is 10.7 Å². The van der Waals surface area contributed by atoms with Crippen LogP contribution in [0.15, 0.2) is 58.9 Å². The third-order valence-corrected chi connectivity index (χ3v) is 7.00. The second kappa shape index (κ2) is 10.2. The van der Waals surface area contributed by atoms with Crippen LogP contribution in [0, 0.1) is 5.82 Å². The van der Waals surface area contributed by atoms with Gasteiger partial charge in [0.05, 0.1) is 21.6 Å². The molecule has 29 heavy (non-hydrogen) atoms. The number of anilines is 2. The molecule has 2 atom stereocenters. The highest BCUT2D eigenvalue weighted by Gasteiger charge is 2.17. The summed E-state index contributed by atoms with van der Waals surface area (Å²) in [4.78, 5) is 6.83. The van der Waals surface area contributed by atoms with Crippen LogP contribution in [-0.4, -0.2) is 35.9 Å². The van der Waals surface area contributed by atoms with Gasteiger partial charge in [0.25, 0.3) is 0 Å². The maximum absolute atomic E-state index is 15.0. The van der Waals surface area contributed by atoms with Crippen molar-refractivity contribution >= 4 is 49.8 Å². The number of rotatable bonds is 8. The van der Waals surface area contributed by atoms with Gasteiger partial charge in [-0.25, -0.2) is 9.37 Å². The van der Waals surface area contributed by atoms with Crippen molar-refractivity contribution in [3.8, 4) is 0 Å². The van der Waals surface area contributed by atoms with Crippen molar-refractivity contribution < 1.29 is 4.39 Å². The number of halogens is 2. The van der Waals surface area contributed by atoms with Crippen molar-refractivity contribution in [3.63, 3.8) is 0 Å². The van der Waals surface area contributed by atoms with Crippen LogP contribution in [0.4, 0.5) is 15.2 Å². The van der Waals surface area contributed by atoms with Crippen LogP contribution in [0.1, 0.15) is 18.5 Å². The topological polar surface area (TPSA) is 40.2 Å². The van der Waals surface area contributed by atoms with Gasteiger partial charge in [-0.3, -0.25) is 0 Å². The highest BCUT2D eigenvalue weighted by atomic mass is 35.5. The second-order valence-electron chi connectivity index (χ2n) is 6.65. The molecule has 0 aliphatic carbocycles. The average Bonchev–Trinajstić information content (AvgIpc) is 3.22.